The zero-order chi connectivity index (χ0) is 46.5. The van der Waals surface area contributed by atoms with Crippen molar-refractivity contribution in [1.82, 2.24) is 0 Å². The van der Waals surface area contributed by atoms with E-state index in [1.165, 1.54) is 33.5 Å². The van der Waals surface area contributed by atoms with Crippen LogP contribution in [0.4, 0.5) is 0 Å². The third-order valence-corrected chi connectivity index (χ3v) is 12.1. The highest BCUT2D eigenvalue weighted by atomic mass is 31.2. The van der Waals surface area contributed by atoms with Crippen molar-refractivity contribution < 1.29 is 60.5 Å². The molecule has 0 aromatic heterocycles. The number of benzene rings is 7. The Morgan fingerprint density at radius 1 is 0.379 bits per heavy atom. The Morgan fingerprint density at radius 3 is 1.17 bits per heavy atom. The number of methoxy groups -OCH3 is 4. The van der Waals surface area contributed by atoms with Crippen molar-refractivity contribution >= 4 is 36.1 Å². The average molecular weight is 927 g/mol. The summed E-state index contributed by atoms with van der Waals surface area (Å²) >= 11 is 0. The topological polar surface area (TPSA) is 144 Å². The minimum atomic E-state index is -2.53. The van der Waals surface area contributed by atoms with E-state index in [2.05, 4.69) is 0 Å². The van der Waals surface area contributed by atoms with Gasteiger partial charge in [0.1, 0.15) is 24.6 Å². The first-order valence-electron chi connectivity index (χ1n) is 20.2. The molecule has 336 valence electrons. The standard InChI is InChI=1S/C51H44O13P2/c1-35-20-24-43(47(28-35)55-2)62-66(63-46-27-23-38(34-54)31-50(46)58-5)64-51(39-14-8-6-9-15-39,40-16-10-7-11-17-40)41-18-12-13-19-42(41)59-65(60-44-25-21-36(32-52)29-48(44)56-3)61-45-26-22-37(33-53)30-49(45)57-4/h6-34H,1-5H3. The minimum absolute atomic E-state index is 0.204. The summed E-state index contributed by atoms with van der Waals surface area (Å²) in [4.78, 5) is 35.3. The van der Waals surface area contributed by atoms with Gasteiger partial charge >= 0.3 is 17.2 Å². The number of carbonyl (C=O) groups is 3. The third-order valence-electron chi connectivity index (χ3n) is 9.99. The molecule has 13 nitrogen and oxygen atoms in total. The lowest BCUT2D eigenvalue weighted by Crippen LogP contribution is -2.33. The van der Waals surface area contributed by atoms with Crippen LogP contribution in [-0.2, 0) is 10.1 Å². The molecule has 1 unspecified atom stereocenters. The van der Waals surface area contributed by atoms with E-state index in [9.17, 15) is 14.4 Å². The van der Waals surface area contributed by atoms with Gasteiger partial charge in [-0.1, -0.05) is 84.9 Å². The molecule has 1 atom stereocenters. The summed E-state index contributed by atoms with van der Waals surface area (Å²) in [5.41, 5.74) is 2.17. The molecule has 0 fully saturated rings. The highest BCUT2D eigenvalue weighted by Crippen LogP contribution is 2.58. The van der Waals surface area contributed by atoms with E-state index in [1.54, 1.807) is 67.8 Å². The zero-order valence-electron chi connectivity index (χ0n) is 36.4. The van der Waals surface area contributed by atoms with Crippen molar-refractivity contribution in [1.29, 1.82) is 0 Å². The molecule has 0 amide bonds. The number of aldehydes is 3. The first-order valence-corrected chi connectivity index (χ1v) is 22.4. The Labute approximate surface area is 384 Å². The predicted octanol–water partition coefficient (Wildman–Crippen LogP) is 11.9. The van der Waals surface area contributed by atoms with Gasteiger partial charge in [-0.2, -0.15) is 0 Å². The predicted molar refractivity (Wildman–Crippen MR) is 250 cm³/mol. The van der Waals surface area contributed by atoms with Gasteiger partial charge < -0.3 is 41.6 Å². The summed E-state index contributed by atoms with van der Waals surface area (Å²) < 4.78 is 63.5. The van der Waals surface area contributed by atoms with E-state index < -0.39 is 22.8 Å². The number of rotatable bonds is 22. The molecule has 0 N–H and O–H groups in total. The summed E-state index contributed by atoms with van der Waals surface area (Å²) in [7, 11) is 0.885. The molecule has 7 rings (SSSR count). The summed E-state index contributed by atoms with van der Waals surface area (Å²) in [5, 5.41) is 0. The van der Waals surface area contributed by atoms with Crippen LogP contribution in [-0.4, -0.2) is 47.3 Å². The maximum atomic E-state index is 11.8. The SMILES string of the molecule is COc1cc(C=O)ccc1OP(Oc1ccc(C=O)cc1OC)Oc1ccccc1C(OP(Oc1ccc(C)cc1OC)Oc1ccc(C=O)cc1OC)(c1ccccc1)c1ccccc1. The van der Waals surface area contributed by atoms with Crippen LogP contribution in [0.1, 0.15) is 53.3 Å². The highest BCUT2D eigenvalue weighted by molar-refractivity contribution is 7.43. The number of aryl methyl sites for hydroxylation is 1. The molecule has 7 aromatic rings. The van der Waals surface area contributed by atoms with Crippen LogP contribution in [0.25, 0.3) is 0 Å². The second-order valence-electron chi connectivity index (χ2n) is 14.1. The van der Waals surface area contributed by atoms with Gasteiger partial charge in [0.25, 0.3) is 0 Å². The summed E-state index contributed by atoms with van der Waals surface area (Å²) in [6, 6.07) is 45.8. The molecule has 0 aliphatic rings. The largest absolute Gasteiger partial charge is 0.530 e. The van der Waals surface area contributed by atoms with Crippen LogP contribution in [0.15, 0.2) is 158 Å². The van der Waals surface area contributed by atoms with E-state index in [0.29, 0.717) is 63.7 Å². The van der Waals surface area contributed by atoms with Crippen LogP contribution in [0.3, 0.4) is 0 Å². The van der Waals surface area contributed by atoms with Gasteiger partial charge in [-0.05, 0) is 96.4 Å². The van der Waals surface area contributed by atoms with Crippen molar-refractivity contribution in [3.63, 3.8) is 0 Å². The lowest BCUT2D eigenvalue weighted by atomic mass is 9.80. The number of hydrogen-bond acceptors (Lipinski definition) is 13. The number of para-hydroxylation sites is 1. The van der Waals surface area contributed by atoms with Gasteiger partial charge in [-0.25, -0.2) is 0 Å². The lowest BCUT2D eigenvalue weighted by molar-refractivity contribution is 0.111. The van der Waals surface area contributed by atoms with Crippen LogP contribution < -0.4 is 41.6 Å². The van der Waals surface area contributed by atoms with Crippen molar-refractivity contribution in [2.75, 3.05) is 28.4 Å². The Bertz CT molecular complexity index is 2670. The highest BCUT2D eigenvalue weighted by Gasteiger charge is 2.46. The van der Waals surface area contributed by atoms with Crippen molar-refractivity contribution in [2.45, 2.75) is 12.5 Å². The zero-order valence-corrected chi connectivity index (χ0v) is 38.2. The van der Waals surface area contributed by atoms with Gasteiger partial charge in [0.05, 0.1) is 28.4 Å². The fourth-order valence-electron chi connectivity index (χ4n) is 6.79. The van der Waals surface area contributed by atoms with Gasteiger partial charge in [-0.15, -0.1) is 0 Å². The third kappa shape index (κ3) is 10.6. The molecule has 0 heterocycles. The first-order chi connectivity index (χ1) is 32.2. The Morgan fingerprint density at radius 2 is 0.742 bits per heavy atom. The van der Waals surface area contributed by atoms with Crippen LogP contribution in [0.5, 0.6) is 51.7 Å². The number of hydrogen-bond donors (Lipinski definition) is 0. The van der Waals surface area contributed by atoms with E-state index in [0.717, 1.165) is 5.56 Å². The normalized spacial score (nSPS) is 11.4. The maximum Gasteiger partial charge on any atom is 0.530 e. The van der Waals surface area contributed by atoms with Crippen molar-refractivity contribution in [3.8, 4) is 51.7 Å². The van der Waals surface area contributed by atoms with Crippen LogP contribution >= 0.6 is 17.2 Å². The fraction of sp³-hybridized carbons (Fsp3) is 0.118. The molecule has 0 radical (unpaired) electrons. The molecular formula is C51H44O13P2. The molecule has 7 aromatic carbocycles. The monoisotopic (exact) mass is 926 g/mol. The summed E-state index contributed by atoms with van der Waals surface area (Å²) in [6.07, 6.45) is 2.09. The maximum absolute atomic E-state index is 11.8. The second-order valence-corrected chi connectivity index (χ2v) is 16.1. The Balaban J connectivity index is 1.43. The van der Waals surface area contributed by atoms with E-state index >= 15 is 0 Å². The molecular weight excluding hydrogens is 882 g/mol. The van der Waals surface area contributed by atoms with E-state index in [-0.39, 0.29) is 40.2 Å². The molecule has 0 bridgehead atoms. The first kappa shape index (κ1) is 46.6. The number of ether oxygens (including phenoxy) is 4. The van der Waals surface area contributed by atoms with Gasteiger partial charge in [0.15, 0.2) is 51.6 Å². The van der Waals surface area contributed by atoms with E-state index in [4.69, 9.17) is 46.1 Å². The quantitative estimate of drug-likeness (QED) is 0.0362. The van der Waals surface area contributed by atoms with Gasteiger partial charge in [0, 0.05) is 22.3 Å². The fourth-order valence-corrected chi connectivity index (χ4v) is 9.11. The lowest BCUT2D eigenvalue weighted by Gasteiger charge is -2.38. The van der Waals surface area contributed by atoms with Gasteiger partial charge in [-0.3, -0.25) is 18.9 Å². The molecule has 15 heteroatoms. The minimum Gasteiger partial charge on any atom is -0.493 e. The molecule has 66 heavy (non-hydrogen) atoms. The molecule has 0 aliphatic heterocycles. The summed E-state index contributed by atoms with van der Waals surface area (Å²) in [5.74, 6) is 2.39. The molecule has 0 spiro atoms. The number of carbonyl (C=O) groups excluding carboxylic acids is 3. The Kier molecular flexibility index (Phi) is 15.5. The average Bonchev–Trinajstić information content (AvgIpc) is 3.37. The Hall–Kier alpha value is -7.43. The summed E-state index contributed by atoms with van der Waals surface area (Å²) in [6.45, 7) is 1.93. The second kappa shape index (κ2) is 22.0. The van der Waals surface area contributed by atoms with Gasteiger partial charge in [0.2, 0.25) is 0 Å². The smallest absolute Gasteiger partial charge is 0.493 e. The molecule has 0 aliphatic carbocycles. The molecule has 0 saturated heterocycles. The van der Waals surface area contributed by atoms with Crippen LogP contribution in [0.2, 0.25) is 0 Å². The van der Waals surface area contributed by atoms with Crippen molar-refractivity contribution in [3.05, 3.63) is 197 Å². The molecule has 0 saturated carbocycles. The van der Waals surface area contributed by atoms with Crippen molar-refractivity contribution in [2.24, 2.45) is 0 Å². The van der Waals surface area contributed by atoms with E-state index in [1.807, 2.05) is 91.9 Å². The van der Waals surface area contributed by atoms with Crippen LogP contribution in [0, 0.1) is 6.92 Å².